The maximum atomic E-state index is 13.5. The number of carboxylic acid groups (broad SMARTS) is 1. The number of hydrogen-bond acceptors (Lipinski definition) is 10. The molecular formula is C85H37F3N4O9. The number of hydrogen-bond donors (Lipinski definition) is 3. The molecule has 13 nitrogen and oxygen atoms in total. The molecule has 2 spiro atoms. The van der Waals surface area contributed by atoms with Crippen LogP contribution in [0.1, 0.15) is 32.7 Å². The van der Waals surface area contributed by atoms with Gasteiger partial charge < -0.3 is 54.4 Å². The third kappa shape index (κ3) is 3.53. The van der Waals surface area contributed by atoms with Gasteiger partial charge in [0.2, 0.25) is 5.75 Å². The van der Waals surface area contributed by atoms with Gasteiger partial charge in [0.15, 0.2) is 11.5 Å². The Kier molecular flexibility index (Phi) is 6.16. The van der Waals surface area contributed by atoms with Crippen molar-refractivity contribution >= 4 is 314 Å². The fourth-order valence-electron chi connectivity index (χ4n) is 28.5. The molecule has 472 valence electrons. The van der Waals surface area contributed by atoms with Crippen LogP contribution in [0, 0.1) is 0 Å². The van der Waals surface area contributed by atoms with Crippen molar-refractivity contribution in [3.8, 4) is 17.2 Å². The fourth-order valence-corrected chi connectivity index (χ4v) is 28.5. The lowest BCUT2D eigenvalue weighted by atomic mass is 9.48. The molecule has 1 unspecified atom stereocenters. The third-order valence-corrected chi connectivity index (χ3v) is 29.8. The van der Waals surface area contributed by atoms with Crippen molar-refractivity contribution in [3.05, 3.63) is 40.1 Å². The standard InChI is InChI=1S/C83H36N4O7.C2HF3O2/c1-89-18-13-16-12-17(86-78(16)80(91-3)79(18)90-2)81(88)85-5-8-92-10-11-93-9-6-87-15-82-74-66-58-48-38-30-22-20-21-24-28-26(22)34-42-36(28)46-40-32(24)33-25(21)29-27-23(20)31(30)39-45-35(27)43-37(29)47-41(33)51-50(40)62-56(46)64-54(42)60(52(58)44(34)38)68(74)70(64)76-72(62)73-63(51)57(47)65-55(43)61-53(45)59(49(39)48)67(66)75(82)69(61)71(65)77(73)83(76,82)19(87)14-94-7-4-84;3-2(4,5)1(6)7/h12-13,19,86H,4-11,14-15,84H2,1-3H3,(H,85,88);(H,6,7). The van der Waals surface area contributed by atoms with Crippen molar-refractivity contribution in [1.82, 2.24) is 15.2 Å². The van der Waals surface area contributed by atoms with Gasteiger partial charge >= 0.3 is 6.18 Å². The van der Waals surface area contributed by atoms with E-state index in [9.17, 15) is 18.0 Å². The topological polar surface area (TPSA) is 171 Å². The maximum Gasteiger partial charge on any atom is 0.430 e. The van der Waals surface area contributed by atoms with Gasteiger partial charge in [-0.05, 0) is 325 Å². The van der Waals surface area contributed by atoms with E-state index >= 15 is 0 Å². The lowest BCUT2D eigenvalue weighted by molar-refractivity contribution is -0.374. The molecule has 101 heavy (non-hydrogen) atoms. The summed E-state index contributed by atoms with van der Waals surface area (Å²) in [6.07, 6.45) is -5.19. The second-order valence-electron chi connectivity index (χ2n) is 31.9. The average molecular weight is 1320 g/mol. The second-order valence-corrected chi connectivity index (χ2v) is 31.9. The van der Waals surface area contributed by atoms with E-state index in [0.29, 0.717) is 74.6 Å². The summed E-state index contributed by atoms with van der Waals surface area (Å²) in [5.74, 6) is -1.75. The quantitative estimate of drug-likeness (QED) is 0.0589. The molecule has 30 aromatic rings. The second kappa shape index (κ2) is 13.0. The minimum atomic E-state index is -5.19. The van der Waals surface area contributed by atoms with Crippen molar-refractivity contribution in [2.24, 2.45) is 0 Å². The molecule has 1 aliphatic heterocycles. The van der Waals surface area contributed by atoms with Gasteiger partial charge in [-0.1, -0.05) is 0 Å². The Hall–Kier alpha value is -10.8. The number of ether oxygens (including phenoxy) is 6. The Morgan fingerprint density at radius 2 is 0.792 bits per heavy atom. The number of methoxy groups -OCH3 is 3. The summed E-state index contributed by atoms with van der Waals surface area (Å²) in [5.41, 5.74) is 11.4. The number of aromatic amines is 1. The largest absolute Gasteiger partial charge is 0.542 e. The van der Waals surface area contributed by atoms with Crippen LogP contribution >= 0.6 is 0 Å². The molecule has 1 saturated heterocycles. The molecule has 35 rings (SSSR count). The molecule has 29 aromatic carbocycles. The number of quaternary nitrogens is 1. The summed E-state index contributed by atoms with van der Waals surface area (Å²) in [7, 11) is 4.75. The zero-order valence-electron chi connectivity index (χ0n) is 53.3. The van der Waals surface area contributed by atoms with Crippen LogP contribution in [0.4, 0.5) is 13.2 Å². The lowest BCUT2D eigenvalue weighted by Gasteiger charge is -2.52. The van der Waals surface area contributed by atoms with E-state index in [0.717, 1.165) is 25.0 Å². The number of amides is 1. The van der Waals surface area contributed by atoms with Crippen molar-refractivity contribution in [1.29, 1.82) is 0 Å². The molecule has 0 saturated carbocycles. The Morgan fingerprint density at radius 1 is 0.465 bits per heavy atom. The van der Waals surface area contributed by atoms with Gasteiger partial charge in [-0.25, -0.2) is 0 Å². The maximum absolute atomic E-state index is 13.5. The van der Waals surface area contributed by atoms with Crippen LogP contribution in [-0.2, 0) is 29.8 Å². The van der Waals surface area contributed by atoms with Crippen molar-refractivity contribution in [2.45, 2.75) is 23.0 Å². The summed E-state index contributed by atoms with van der Waals surface area (Å²) in [5, 5.41) is 100. The van der Waals surface area contributed by atoms with Crippen LogP contribution in [0.25, 0.3) is 302 Å². The van der Waals surface area contributed by atoms with E-state index in [-0.39, 0.29) is 11.9 Å². The first-order valence-electron chi connectivity index (χ1n) is 35.4. The molecule has 1 aromatic heterocycles. The Morgan fingerprint density at radius 3 is 1.11 bits per heavy atom. The van der Waals surface area contributed by atoms with Gasteiger partial charge in [0.25, 0.3) is 5.91 Å². The molecule has 0 bridgehead atoms. The van der Waals surface area contributed by atoms with Crippen LogP contribution in [0.2, 0.25) is 0 Å². The summed E-state index contributed by atoms with van der Waals surface area (Å²) < 4.78 is 68.8. The highest BCUT2D eigenvalue weighted by molar-refractivity contribution is 6.82. The summed E-state index contributed by atoms with van der Waals surface area (Å²) in [4.78, 5) is 28.5. The van der Waals surface area contributed by atoms with Crippen molar-refractivity contribution in [3.63, 3.8) is 0 Å². The fraction of sp³-hybridized carbons (Fsp3) is 0.200. The van der Waals surface area contributed by atoms with Gasteiger partial charge in [0, 0.05) is 31.1 Å². The number of carbonyl (C=O) groups excluding carboxylic acids is 2. The van der Waals surface area contributed by atoms with Gasteiger partial charge in [0.1, 0.15) is 11.7 Å². The number of fused-ring (bicyclic) bond motifs is 1. The molecular weight excluding hydrogens is 1280 g/mol. The minimum Gasteiger partial charge on any atom is -0.542 e. The lowest BCUT2D eigenvalue weighted by Crippen LogP contribution is -2.56. The SMILES string of the molecule is COc1cc2cc(C(=O)NCCOCCOCCN3CC45c6c7c8c9c%10c%11c(c%12c%13c4c4c6c6c%14c7c7c8c8c%10c%10c%15c%11c%11c%12c%12c%13c%13c4c4c6c6c%14c%14c7c7c8c%10c8c%10c%15c%11c%11c%12c%12c%13c4c4c6c6c%14c7c8c7c%10c%11c%12c4c67)C95C3COCC[NH3+])[nH]c2c(OC)c1OC.O=C([O-])C(F)(F)F. The van der Waals surface area contributed by atoms with Gasteiger partial charge in [-0.15, -0.1) is 0 Å². The Balaban J connectivity index is 0.000000712. The highest BCUT2D eigenvalue weighted by Crippen LogP contribution is 2.86. The number of carboxylic acids is 1. The molecule has 5 N–H and O–H groups in total. The molecule has 2 heterocycles. The van der Waals surface area contributed by atoms with E-state index < -0.39 is 23.0 Å². The average Bonchev–Trinajstić information content (AvgIpc) is 1.38. The van der Waals surface area contributed by atoms with Crippen LogP contribution in [0.5, 0.6) is 17.2 Å². The van der Waals surface area contributed by atoms with Gasteiger partial charge in [-0.3, -0.25) is 9.69 Å². The normalized spacial score (nSPS) is 20.1. The molecule has 4 aliphatic carbocycles. The highest BCUT2D eigenvalue weighted by atomic mass is 19.4. The van der Waals surface area contributed by atoms with E-state index in [1.54, 1.807) is 334 Å². The van der Waals surface area contributed by atoms with Crippen LogP contribution in [0.15, 0.2) is 12.1 Å². The first kappa shape index (κ1) is 48.0. The van der Waals surface area contributed by atoms with Gasteiger partial charge in [0.05, 0.1) is 83.9 Å². The molecule has 16 heteroatoms. The monoisotopic (exact) mass is 1310 g/mol. The van der Waals surface area contributed by atoms with Crippen LogP contribution < -0.4 is 30.4 Å². The number of likely N-dealkylation sites (tertiary alicyclic amines) is 1. The summed E-state index contributed by atoms with van der Waals surface area (Å²) in [6, 6.07) is 3.67. The van der Waals surface area contributed by atoms with Crippen molar-refractivity contribution < 1.29 is 62.0 Å². The Labute approximate surface area is 555 Å². The zero-order valence-corrected chi connectivity index (χ0v) is 53.3. The molecule has 0 radical (unpaired) electrons. The predicted molar refractivity (Wildman–Crippen MR) is 391 cm³/mol. The van der Waals surface area contributed by atoms with Crippen LogP contribution in [0.3, 0.4) is 0 Å². The molecule has 1 amide bonds. The van der Waals surface area contributed by atoms with E-state index in [2.05, 4.69) is 20.9 Å². The summed E-state index contributed by atoms with van der Waals surface area (Å²) >= 11 is 0. The van der Waals surface area contributed by atoms with Crippen molar-refractivity contribution in [2.75, 3.05) is 87.1 Å². The number of halogens is 3. The number of alkyl halides is 3. The number of aliphatic carboxylic acids is 1. The highest BCUT2D eigenvalue weighted by Gasteiger charge is 2.76. The van der Waals surface area contributed by atoms with E-state index in [1.807, 2.05) is 12.1 Å². The number of rotatable bonds is 17. The molecule has 1 atom stereocenters. The number of nitrogens with one attached hydrogen (secondary N) is 2. The minimum absolute atomic E-state index is 0.0145. The third-order valence-electron chi connectivity index (χ3n) is 29.8. The van der Waals surface area contributed by atoms with E-state index in [1.165, 1.54) is 0 Å². The summed E-state index contributed by atoms with van der Waals surface area (Å²) in [6.45, 7) is 5.80. The Bertz CT molecular complexity index is 8470. The number of benzene rings is 19. The number of carbonyl (C=O) groups is 2. The molecule has 1 fully saturated rings. The van der Waals surface area contributed by atoms with E-state index in [4.69, 9.17) is 38.3 Å². The first-order chi connectivity index (χ1) is 49.5. The number of H-pyrrole nitrogens is 1. The molecule has 5 aliphatic rings. The zero-order chi connectivity index (χ0) is 64.9. The smallest absolute Gasteiger partial charge is 0.430 e. The number of nitrogens with zero attached hydrogens (tertiary/aromatic N) is 1. The first-order valence-corrected chi connectivity index (χ1v) is 35.4. The van der Waals surface area contributed by atoms with Gasteiger partial charge in [-0.2, -0.15) is 13.2 Å². The number of aromatic nitrogens is 1. The van der Waals surface area contributed by atoms with Crippen LogP contribution in [-0.4, -0.2) is 121 Å². The predicted octanol–water partition coefficient (Wildman–Crippen LogP) is 15.5.